The number of imidazole rings is 1. The standard InChI is InChI=1S/C21H17N5O2/c1-13-24-17-5-3-4-6-18(17)26(13)16-9-7-15(8-10-16)25-12-14(11-22)19(23)20(25)21(27)28-2/h3-10,12H,23H2,1-2H3. The number of para-hydroxylation sites is 2. The highest BCUT2D eigenvalue weighted by molar-refractivity contribution is 5.96. The molecule has 4 rings (SSSR count). The number of carbonyl (C=O) groups is 1. The minimum atomic E-state index is -0.598. The number of carbonyl (C=O) groups excluding carboxylic acids is 1. The lowest BCUT2D eigenvalue weighted by molar-refractivity contribution is 0.0593. The Balaban J connectivity index is 1.82. The van der Waals surface area contributed by atoms with E-state index < -0.39 is 5.97 Å². The number of nitrogens with two attached hydrogens (primary N) is 1. The lowest BCUT2D eigenvalue weighted by Crippen LogP contribution is -2.11. The Morgan fingerprint density at radius 1 is 1.14 bits per heavy atom. The van der Waals surface area contributed by atoms with E-state index >= 15 is 0 Å². The second-order valence-electron chi connectivity index (χ2n) is 6.28. The van der Waals surface area contributed by atoms with Gasteiger partial charge in [0.1, 0.15) is 11.9 Å². The van der Waals surface area contributed by atoms with Crippen LogP contribution in [0, 0.1) is 18.3 Å². The number of hydrogen-bond donors (Lipinski definition) is 1. The van der Waals surface area contributed by atoms with Crippen LogP contribution in [0.3, 0.4) is 0 Å². The molecule has 2 aromatic heterocycles. The van der Waals surface area contributed by atoms with Crippen molar-refractivity contribution in [3.8, 4) is 17.4 Å². The summed E-state index contributed by atoms with van der Waals surface area (Å²) >= 11 is 0. The third-order valence-corrected chi connectivity index (χ3v) is 4.66. The third kappa shape index (κ3) is 2.59. The van der Waals surface area contributed by atoms with E-state index in [1.54, 1.807) is 4.57 Å². The summed E-state index contributed by atoms with van der Waals surface area (Å²) in [5.41, 5.74) is 10.00. The summed E-state index contributed by atoms with van der Waals surface area (Å²) in [7, 11) is 1.28. The summed E-state index contributed by atoms with van der Waals surface area (Å²) < 4.78 is 8.45. The van der Waals surface area contributed by atoms with E-state index in [-0.39, 0.29) is 16.9 Å². The largest absolute Gasteiger partial charge is 0.464 e. The maximum Gasteiger partial charge on any atom is 0.357 e. The molecule has 2 heterocycles. The van der Waals surface area contributed by atoms with Gasteiger partial charge in [0.2, 0.25) is 0 Å². The van der Waals surface area contributed by atoms with Crippen LogP contribution in [0.5, 0.6) is 0 Å². The Morgan fingerprint density at radius 3 is 2.50 bits per heavy atom. The van der Waals surface area contributed by atoms with Gasteiger partial charge in [-0.3, -0.25) is 4.57 Å². The van der Waals surface area contributed by atoms with Crippen LogP contribution in [-0.4, -0.2) is 27.2 Å². The number of fused-ring (bicyclic) bond motifs is 1. The molecule has 0 fully saturated rings. The Bertz CT molecular complexity index is 1240. The summed E-state index contributed by atoms with van der Waals surface area (Å²) in [6.07, 6.45) is 1.54. The average molecular weight is 371 g/mol. The van der Waals surface area contributed by atoms with Gasteiger partial charge in [0.05, 0.1) is 29.4 Å². The van der Waals surface area contributed by atoms with Gasteiger partial charge in [-0.15, -0.1) is 0 Å². The second kappa shape index (κ2) is 6.59. The molecular weight excluding hydrogens is 354 g/mol. The van der Waals surface area contributed by atoms with Crippen molar-refractivity contribution in [3.05, 3.63) is 71.8 Å². The van der Waals surface area contributed by atoms with Crippen LogP contribution in [0.2, 0.25) is 0 Å². The number of nitriles is 1. The normalized spacial score (nSPS) is 10.8. The fourth-order valence-corrected chi connectivity index (χ4v) is 3.35. The van der Waals surface area contributed by atoms with Crippen molar-refractivity contribution in [2.45, 2.75) is 6.92 Å². The van der Waals surface area contributed by atoms with Gasteiger partial charge in [-0.2, -0.15) is 5.26 Å². The van der Waals surface area contributed by atoms with E-state index in [0.717, 1.165) is 22.5 Å². The molecule has 0 amide bonds. The van der Waals surface area contributed by atoms with Crippen LogP contribution in [0.4, 0.5) is 5.69 Å². The Hall–Kier alpha value is -4.05. The predicted molar refractivity (Wildman–Crippen MR) is 106 cm³/mol. The molecule has 0 saturated carbocycles. The number of ether oxygens (including phenoxy) is 1. The Labute approximate surface area is 161 Å². The fourth-order valence-electron chi connectivity index (χ4n) is 3.35. The third-order valence-electron chi connectivity index (χ3n) is 4.66. The Morgan fingerprint density at radius 2 is 1.82 bits per heavy atom. The monoisotopic (exact) mass is 371 g/mol. The molecule has 0 aliphatic carbocycles. The van der Waals surface area contributed by atoms with Gasteiger partial charge in [-0.05, 0) is 43.3 Å². The molecule has 0 spiro atoms. The molecule has 0 aliphatic heterocycles. The van der Waals surface area contributed by atoms with Gasteiger partial charge >= 0.3 is 5.97 Å². The van der Waals surface area contributed by atoms with Gasteiger partial charge in [0.25, 0.3) is 0 Å². The van der Waals surface area contributed by atoms with Gasteiger partial charge in [0.15, 0.2) is 5.69 Å². The van der Waals surface area contributed by atoms with Gasteiger partial charge in [-0.25, -0.2) is 9.78 Å². The van der Waals surface area contributed by atoms with Crippen molar-refractivity contribution in [1.82, 2.24) is 14.1 Å². The molecule has 2 N–H and O–H groups in total. The lowest BCUT2D eigenvalue weighted by atomic mass is 10.2. The molecule has 0 radical (unpaired) electrons. The first-order valence-corrected chi connectivity index (χ1v) is 8.59. The van der Waals surface area contributed by atoms with Crippen molar-refractivity contribution in [2.24, 2.45) is 0 Å². The molecule has 0 bridgehead atoms. The molecule has 0 unspecified atom stereocenters. The van der Waals surface area contributed by atoms with Crippen molar-refractivity contribution < 1.29 is 9.53 Å². The Kier molecular flexibility index (Phi) is 4.09. The zero-order chi connectivity index (χ0) is 19.8. The summed E-state index contributed by atoms with van der Waals surface area (Å²) in [5, 5.41) is 9.25. The molecule has 28 heavy (non-hydrogen) atoms. The number of methoxy groups -OCH3 is 1. The molecule has 2 aromatic carbocycles. The van der Waals surface area contributed by atoms with Crippen LogP contribution in [-0.2, 0) is 4.74 Å². The number of esters is 1. The van der Waals surface area contributed by atoms with E-state index in [1.165, 1.54) is 13.3 Å². The first kappa shape index (κ1) is 17.4. The predicted octanol–water partition coefficient (Wildman–Crippen LogP) is 3.37. The SMILES string of the molecule is COC(=O)c1c(N)c(C#N)cn1-c1ccc(-n2c(C)nc3ccccc32)cc1. The number of rotatable bonds is 3. The van der Waals surface area contributed by atoms with Crippen molar-refractivity contribution in [1.29, 1.82) is 5.26 Å². The number of aromatic nitrogens is 3. The van der Waals surface area contributed by atoms with Crippen LogP contribution in [0.25, 0.3) is 22.4 Å². The zero-order valence-electron chi connectivity index (χ0n) is 15.4. The van der Waals surface area contributed by atoms with Crippen LogP contribution >= 0.6 is 0 Å². The van der Waals surface area contributed by atoms with Crippen molar-refractivity contribution in [2.75, 3.05) is 12.8 Å². The summed E-state index contributed by atoms with van der Waals surface area (Å²) in [6, 6.07) is 17.5. The maximum atomic E-state index is 12.2. The summed E-state index contributed by atoms with van der Waals surface area (Å²) in [6.45, 7) is 1.95. The number of aryl methyl sites for hydroxylation is 1. The zero-order valence-corrected chi connectivity index (χ0v) is 15.4. The minimum absolute atomic E-state index is 0.106. The number of hydrogen-bond acceptors (Lipinski definition) is 5. The second-order valence-corrected chi connectivity index (χ2v) is 6.28. The molecule has 0 aliphatic rings. The molecule has 7 heteroatoms. The van der Waals surface area contributed by atoms with Crippen LogP contribution in [0.1, 0.15) is 21.9 Å². The first-order chi connectivity index (χ1) is 13.5. The molecular formula is C21H17N5O2. The van der Waals surface area contributed by atoms with E-state index in [2.05, 4.69) is 9.55 Å². The van der Waals surface area contributed by atoms with Gasteiger partial charge in [-0.1, -0.05) is 12.1 Å². The number of benzene rings is 2. The fraction of sp³-hybridized carbons (Fsp3) is 0.0952. The van der Waals surface area contributed by atoms with E-state index in [4.69, 9.17) is 10.5 Å². The highest BCUT2D eigenvalue weighted by atomic mass is 16.5. The molecule has 4 aromatic rings. The summed E-state index contributed by atoms with van der Waals surface area (Å²) in [4.78, 5) is 16.7. The topological polar surface area (TPSA) is 98.9 Å². The van der Waals surface area contributed by atoms with Gasteiger partial charge in [0, 0.05) is 17.6 Å². The highest BCUT2D eigenvalue weighted by Gasteiger charge is 2.21. The van der Waals surface area contributed by atoms with Crippen molar-refractivity contribution >= 4 is 22.7 Å². The highest BCUT2D eigenvalue weighted by Crippen LogP contribution is 2.26. The number of nitrogen functional groups attached to an aromatic ring is 1. The minimum Gasteiger partial charge on any atom is -0.464 e. The number of anilines is 1. The molecule has 0 atom stereocenters. The smallest absolute Gasteiger partial charge is 0.357 e. The van der Waals surface area contributed by atoms with E-state index in [0.29, 0.717) is 5.69 Å². The maximum absolute atomic E-state index is 12.2. The number of nitrogens with zero attached hydrogens (tertiary/aromatic N) is 4. The molecule has 0 saturated heterocycles. The lowest BCUT2D eigenvalue weighted by Gasteiger charge is -2.11. The van der Waals surface area contributed by atoms with Crippen LogP contribution in [0.15, 0.2) is 54.7 Å². The summed E-state index contributed by atoms with van der Waals surface area (Å²) in [5.74, 6) is 0.278. The van der Waals surface area contributed by atoms with E-state index in [9.17, 15) is 10.1 Å². The average Bonchev–Trinajstić information content (AvgIpc) is 3.23. The quantitative estimate of drug-likeness (QED) is 0.557. The van der Waals surface area contributed by atoms with E-state index in [1.807, 2.05) is 61.5 Å². The first-order valence-electron chi connectivity index (χ1n) is 8.59. The van der Waals surface area contributed by atoms with Crippen molar-refractivity contribution in [3.63, 3.8) is 0 Å². The van der Waals surface area contributed by atoms with Gasteiger partial charge < -0.3 is 15.0 Å². The molecule has 7 nitrogen and oxygen atoms in total. The molecule has 138 valence electrons. The van der Waals surface area contributed by atoms with Crippen LogP contribution < -0.4 is 5.73 Å².